The van der Waals surface area contributed by atoms with Crippen molar-refractivity contribution < 1.29 is 9.53 Å². The summed E-state index contributed by atoms with van der Waals surface area (Å²) >= 11 is 5.93. The normalized spacial score (nSPS) is 11.7. The van der Waals surface area contributed by atoms with Gasteiger partial charge in [0.1, 0.15) is 0 Å². The molecule has 1 unspecified atom stereocenters. The molecule has 0 aliphatic carbocycles. The SMILES string of the molecule is COCCC(N)C(=O)Nc1ccc(C#N)cc1Cl. The molecule has 3 N–H and O–H groups in total. The molecule has 1 rings (SSSR count). The summed E-state index contributed by atoms with van der Waals surface area (Å²) < 4.78 is 4.84. The number of nitriles is 1. The van der Waals surface area contributed by atoms with Crippen LogP contribution in [0.25, 0.3) is 0 Å². The van der Waals surface area contributed by atoms with Crippen LogP contribution >= 0.6 is 11.6 Å². The standard InChI is InChI=1S/C12H14ClN3O2/c1-18-5-4-10(15)12(17)16-11-3-2-8(7-14)6-9(11)13/h2-3,6,10H,4-5,15H2,1H3,(H,16,17). The zero-order valence-electron chi connectivity index (χ0n) is 9.94. The average Bonchev–Trinajstić information content (AvgIpc) is 2.38. The molecule has 0 saturated carbocycles. The van der Waals surface area contributed by atoms with Crippen LogP contribution in [-0.2, 0) is 9.53 Å². The van der Waals surface area contributed by atoms with Gasteiger partial charge in [-0.05, 0) is 24.6 Å². The first-order chi connectivity index (χ1) is 8.58. The van der Waals surface area contributed by atoms with E-state index in [1.54, 1.807) is 19.2 Å². The summed E-state index contributed by atoms with van der Waals surface area (Å²) in [4.78, 5) is 11.7. The van der Waals surface area contributed by atoms with Crippen molar-refractivity contribution >= 4 is 23.2 Å². The fourth-order valence-electron chi connectivity index (χ4n) is 1.29. The van der Waals surface area contributed by atoms with Crippen LogP contribution in [0.2, 0.25) is 5.02 Å². The third-order valence-corrected chi connectivity index (χ3v) is 2.64. The van der Waals surface area contributed by atoms with Gasteiger partial charge in [-0.3, -0.25) is 4.79 Å². The van der Waals surface area contributed by atoms with Gasteiger partial charge >= 0.3 is 0 Å². The Morgan fingerprint density at radius 3 is 2.94 bits per heavy atom. The minimum atomic E-state index is -0.656. The Bertz CT molecular complexity index is 471. The van der Waals surface area contributed by atoms with Gasteiger partial charge in [0.15, 0.2) is 0 Å². The molecule has 0 heterocycles. The second-order valence-electron chi connectivity index (χ2n) is 3.68. The molecule has 5 nitrogen and oxygen atoms in total. The van der Waals surface area contributed by atoms with Crippen molar-refractivity contribution in [3.63, 3.8) is 0 Å². The number of ether oxygens (including phenoxy) is 1. The highest BCUT2D eigenvalue weighted by Crippen LogP contribution is 2.22. The molecule has 96 valence electrons. The van der Waals surface area contributed by atoms with Crippen molar-refractivity contribution in [3.05, 3.63) is 28.8 Å². The first-order valence-electron chi connectivity index (χ1n) is 5.33. The lowest BCUT2D eigenvalue weighted by molar-refractivity contribution is -0.117. The minimum Gasteiger partial charge on any atom is -0.385 e. The van der Waals surface area contributed by atoms with E-state index in [0.717, 1.165) is 0 Å². The van der Waals surface area contributed by atoms with Crippen molar-refractivity contribution in [2.75, 3.05) is 19.0 Å². The van der Waals surface area contributed by atoms with E-state index in [2.05, 4.69) is 5.32 Å². The Labute approximate surface area is 110 Å². The topological polar surface area (TPSA) is 88.1 Å². The van der Waals surface area contributed by atoms with Crippen LogP contribution in [0.1, 0.15) is 12.0 Å². The predicted octanol–water partition coefficient (Wildman–Crippen LogP) is 1.51. The molecule has 6 heteroatoms. The van der Waals surface area contributed by atoms with Crippen LogP contribution in [0.15, 0.2) is 18.2 Å². The number of hydrogen-bond acceptors (Lipinski definition) is 4. The Hall–Kier alpha value is -1.61. The first-order valence-corrected chi connectivity index (χ1v) is 5.71. The number of rotatable bonds is 5. The summed E-state index contributed by atoms with van der Waals surface area (Å²) in [6.45, 7) is 0.412. The number of nitrogens with two attached hydrogens (primary N) is 1. The predicted molar refractivity (Wildman–Crippen MR) is 69.3 cm³/mol. The molecule has 0 aliphatic heterocycles. The summed E-state index contributed by atoms with van der Waals surface area (Å²) in [6, 6.07) is 5.93. The van der Waals surface area contributed by atoms with E-state index >= 15 is 0 Å². The number of amides is 1. The van der Waals surface area contributed by atoms with Crippen molar-refractivity contribution in [1.82, 2.24) is 0 Å². The van der Waals surface area contributed by atoms with Crippen LogP contribution < -0.4 is 11.1 Å². The number of nitrogens with one attached hydrogen (secondary N) is 1. The van der Waals surface area contributed by atoms with E-state index in [-0.39, 0.29) is 5.91 Å². The van der Waals surface area contributed by atoms with E-state index in [1.807, 2.05) is 6.07 Å². The van der Waals surface area contributed by atoms with Gasteiger partial charge < -0.3 is 15.8 Å². The van der Waals surface area contributed by atoms with E-state index < -0.39 is 6.04 Å². The monoisotopic (exact) mass is 267 g/mol. The lowest BCUT2D eigenvalue weighted by atomic mass is 10.2. The molecule has 1 atom stereocenters. The van der Waals surface area contributed by atoms with Crippen LogP contribution in [0, 0.1) is 11.3 Å². The highest BCUT2D eigenvalue weighted by atomic mass is 35.5. The number of methoxy groups -OCH3 is 1. The summed E-state index contributed by atoms with van der Waals surface area (Å²) in [7, 11) is 1.54. The molecule has 0 bridgehead atoms. The van der Waals surface area contributed by atoms with Crippen molar-refractivity contribution in [2.45, 2.75) is 12.5 Å². The molecule has 0 spiro atoms. The smallest absolute Gasteiger partial charge is 0.241 e. The first kappa shape index (κ1) is 14.5. The highest BCUT2D eigenvalue weighted by molar-refractivity contribution is 6.33. The molecule has 1 amide bonds. The van der Waals surface area contributed by atoms with E-state index in [4.69, 9.17) is 27.3 Å². The highest BCUT2D eigenvalue weighted by Gasteiger charge is 2.14. The number of carbonyl (C=O) groups excluding carboxylic acids is 1. The van der Waals surface area contributed by atoms with Crippen LogP contribution in [0.5, 0.6) is 0 Å². The van der Waals surface area contributed by atoms with Gasteiger partial charge in [-0.15, -0.1) is 0 Å². The molecule has 0 saturated heterocycles. The van der Waals surface area contributed by atoms with Gasteiger partial charge in [-0.2, -0.15) is 5.26 Å². The Morgan fingerprint density at radius 1 is 1.67 bits per heavy atom. The molecule has 1 aromatic carbocycles. The van der Waals surface area contributed by atoms with Gasteiger partial charge in [-0.25, -0.2) is 0 Å². The van der Waals surface area contributed by atoms with Crippen molar-refractivity contribution in [2.24, 2.45) is 5.73 Å². The zero-order chi connectivity index (χ0) is 13.5. The van der Waals surface area contributed by atoms with Gasteiger partial charge in [0.25, 0.3) is 0 Å². The largest absolute Gasteiger partial charge is 0.385 e. The Kier molecular flexibility index (Phi) is 5.59. The molecular weight excluding hydrogens is 254 g/mol. The number of nitrogens with zero attached hydrogens (tertiary/aromatic N) is 1. The number of carbonyl (C=O) groups is 1. The van der Waals surface area contributed by atoms with Gasteiger partial charge in [-0.1, -0.05) is 11.6 Å². The summed E-state index contributed by atoms with van der Waals surface area (Å²) in [5.74, 6) is -0.335. The van der Waals surface area contributed by atoms with E-state index in [9.17, 15) is 4.79 Å². The summed E-state index contributed by atoms with van der Waals surface area (Å²) in [6.07, 6.45) is 0.427. The van der Waals surface area contributed by atoms with E-state index in [0.29, 0.717) is 29.3 Å². The maximum Gasteiger partial charge on any atom is 0.241 e. The van der Waals surface area contributed by atoms with Crippen LogP contribution in [-0.4, -0.2) is 25.7 Å². The Balaban J connectivity index is 2.67. The maximum absolute atomic E-state index is 11.7. The number of halogens is 1. The Morgan fingerprint density at radius 2 is 2.39 bits per heavy atom. The average molecular weight is 268 g/mol. The number of hydrogen-bond donors (Lipinski definition) is 2. The third kappa shape index (κ3) is 4.00. The van der Waals surface area contributed by atoms with Crippen LogP contribution in [0.3, 0.4) is 0 Å². The van der Waals surface area contributed by atoms with E-state index in [1.165, 1.54) is 6.07 Å². The van der Waals surface area contributed by atoms with Gasteiger partial charge in [0, 0.05) is 13.7 Å². The summed E-state index contributed by atoms with van der Waals surface area (Å²) in [5.41, 5.74) is 6.54. The fraction of sp³-hybridized carbons (Fsp3) is 0.333. The molecule has 0 fully saturated rings. The molecule has 1 aromatic rings. The second-order valence-corrected chi connectivity index (χ2v) is 4.09. The maximum atomic E-state index is 11.7. The van der Waals surface area contributed by atoms with Crippen molar-refractivity contribution in [3.8, 4) is 6.07 Å². The van der Waals surface area contributed by atoms with Gasteiger partial charge in [0.2, 0.25) is 5.91 Å². The number of anilines is 1. The molecule has 0 aliphatic rings. The molecule has 18 heavy (non-hydrogen) atoms. The van der Waals surface area contributed by atoms with Crippen LogP contribution in [0.4, 0.5) is 5.69 Å². The second kappa shape index (κ2) is 6.97. The molecule has 0 radical (unpaired) electrons. The minimum absolute atomic E-state index is 0.307. The zero-order valence-corrected chi connectivity index (χ0v) is 10.7. The quantitative estimate of drug-likeness (QED) is 0.846. The van der Waals surface area contributed by atoms with Crippen molar-refractivity contribution in [1.29, 1.82) is 5.26 Å². The molecule has 0 aromatic heterocycles. The lowest BCUT2D eigenvalue weighted by Crippen LogP contribution is -2.36. The lowest BCUT2D eigenvalue weighted by Gasteiger charge is -2.12. The summed E-state index contributed by atoms with van der Waals surface area (Å²) in [5, 5.41) is 11.6. The third-order valence-electron chi connectivity index (χ3n) is 2.33. The molecular formula is C12H14ClN3O2. The number of benzene rings is 1. The fourth-order valence-corrected chi connectivity index (χ4v) is 1.52. The van der Waals surface area contributed by atoms with Gasteiger partial charge in [0.05, 0.1) is 28.4 Å².